The monoisotopic (exact) mass is 442 g/mol. The Kier molecular flexibility index (Phi) is 4.37. The maximum Gasteiger partial charge on any atom is 0.311 e. The molecule has 1 amide bonds. The minimum absolute atomic E-state index is 0.127. The first kappa shape index (κ1) is 17.6. The van der Waals surface area contributed by atoms with Gasteiger partial charge in [0.05, 0.1) is 17.5 Å². The summed E-state index contributed by atoms with van der Waals surface area (Å²) in [4.78, 5) is 40.7. The average Bonchev–Trinajstić information content (AvgIpc) is 3.12. The zero-order chi connectivity index (χ0) is 19.1. The molecule has 0 saturated carbocycles. The zero-order valence-electron chi connectivity index (χ0n) is 13.7. The molecule has 2 heterocycles. The van der Waals surface area contributed by atoms with Gasteiger partial charge in [0.1, 0.15) is 4.88 Å². The van der Waals surface area contributed by atoms with E-state index in [1.807, 2.05) is 0 Å². The number of nitrogens with zero attached hydrogens (tertiary/aromatic N) is 2. The summed E-state index contributed by atoms with van der Waals surface area (Å²) in [7, 11) is 0. The van der Waals surface area contributed by atoms with E-state index < -0.39 is 16.7 Å². The summed E-state index contributed by atoms with van der Waals surface area (Å²) in [6, 6.07) is 13.6. The third kappa shape index (κ3) is 3.07. The molecule has 4 rings (SSSR count). The van der Waals surface area contributed by atoms with E-state index >= 15 is 0 Å². The van der Waals surface area contributed by atoms with Crippen molar-refractivity contribution in [3.8, 4) is 5.88 Å². The van der Waals surface area contributed by atoms with E-state index in [-0.39, 0.29) is 22.8 Å². The molecular weight excluding hydrogens is 432 g/mol. The van der Waals surface area contributed by atoms with Gasteiger partial charge in [-0.25, -0.2) is 4.99 Å². The fourth-order valence-electron chi connectivity index (χ4n) is 2.85. The molecule has 134 valence electrons. The van der Waals surface area contributed by atoms with Crippen molar-refractivity contribution >= 4 is 44.5 Å². The second-order valence-corrected chi connectivity index (χ2v) is 7.72. The molecule has 27 heavy (non-hydrogen) atoms. The second kappa shape index (κ2) is 6.71. The number of halogens is 1. The Hall–Kier alpha value is -2.84. The number of aromatic hydroxyl groups is 1. The highest BCUT2D eigenvalue weighted by Crippen LogP contribution is 2.28. The number of amides is 1. The highest BCUT2D eigenvalue weighted by Gasteiger charge is 2.26. The van der Waals surface area contributed by atoms with Crippen molar-refractivity contribution < 1.29 is 14.7 Å². The lowest BCUT2D eigenvalue weighted by atomic mass is 10.1. The van der Waals surface area contributed by atoms with Crippen molar-refractivity contribution in [3.05, 3.63) is 83.7 Å². The standard InChI is InChI=1S/C19H11BrN2O4S/c20-11-7-5-10(6-8-11)14(23)9-22-18(25)16(27-19(22)26)15-12-3-1-2-4-13(12)21-17(15)24/h1-8,25H,9H2. The predicted octanol–water partition coefficient (Wildman–Crippen LogP) is 1.62. The number of benzene rings is 2. The number of aromatic nitrogens is 1. The fraction of sp³-hybridized carbons (Fsp3) is 0.0526. The molecule has 8 heteroatoms. The molecule has 3 aromatic rings. The van der Waals surface area contributed by atoms with Crippen molar-refractivity contribution in [2.45, 2.75) is 6.54 Å². The van der Waals surface area contributed by atoms with Crippen molar-refractivity contribution in [2.75, 3.05) is 0 Å². The SMILES string of the molecule is O=C1N=c2ccccc2=C1c1sc(=O)n(CC(=O)c2ccc(Br)cc2)c1O. The molecule has 6 nitrogen and oxygen atoms in total. The predicted molar refractivity (Wildman–Crippen MR) is 103 cm³/mol. The molecule has 0 spiro atoms. The number of ketones is 1. The summed E-state index contributed by atoms with van der Waals surface area (Å²) in [5.41, 5.74) is 0.599. The number of thiazole rings is 1. The van der Waals surface area contributed by atoms with Crippen molar-refractivity contribution in [1.29, 1.82) is 0 Å². The quantitative estimate of drug-likeness (QED) is 0.621. The normalized spacial score (nSPS) is 12.8. The number of para-hydroxylation sites is 1. The van der Waals surface area contributed by atoms with Crippen LogP contribution in [0, 0.1) is 0 Å². The van der Waals surface area contributed by atoms with Crippen LogP contribution in [0.2, 0.25) is 0 Å². The van der Waals surface area contributed by atoms with E-state index in [2.05, 4.69) is 20.9 Å². The zero-order valence-corrected chi connectivity index (χ0v) is 16.1. The van der Waals surface area contributed by atoms with Gasteiger partial charge < -0.3 is 5.11 Å². The Morgan fingerprint density at radius 1 is 1.11 bits per heavy atom. The van der Waals surface area contributed by atoms with Crippen LogP contribution in [0.3, 0.4) is 0 Å². The molecule has 1 aromatic heterocycles. The summed E-state index contributed by atoms with van der Waals surface area (Å²) < 4.78 is 1.81. The molecule has 0 bridgehead atoms. The maximum absolute atomic E-state index is 12.4. The minimum atomic E-state index is -0.516. The van der Waals surface area contributed by atoms with Gasteiger partial charge in [0, 0.05) is 15.3 Å². The largest absolute Gasteiger partial charge is 0.493 e. The summed E-state index contributed by atoms with van der Waals surface area (Å²) >= 11 is 4.02. The molecule has 0 saturated heterocycles. The Morgan fingerprint density at radius 3 is 2.56 bits per heavy atom. The highest BCUT2D eigenvalue weighted by atomic mass is 79.9. The summed E-state index contributed by atoms with van der Waals surface area (Å²) in [6.07, 6.45) is 0. The molecule has 0 fully saturated rings. The topological polar surface area (TPSA) is 88.7 Å². The molecule has 0 unspecified atom stereocenters. The highest BCUT2D eigenvalue weighted by molar-refractivity contribution is 9.10. The van der Waals surface area contributed by atoms with Gasteiger partial charge in [-0.1, -0.05) is 57.6 Å². The van der Waals surface area contributed by atoms with Gasteiger partial charge in [-0.15, -0.1) is 0 Å². The van der Waals surface area contributed by atoms with Crippen LogP contribution in [0.1, 0.15) is 15.2 Å². The number of hydrogen-bond acceptors (Lipinski definition) is 5. The summed E-state index contributed by atoms with van der Waals surface area (Å²) in [5.74, 6) is -1.23. The lowest BCUT2D eigenvalue weighted by Crippen LogP contribution is -2.22. The Labute approximate surface area is 164 Å². The van der Waals surface area contributed by atoms with E-state index in [4.69, 9.17) is 0 Å². The smallest absolute Gasteiger partial charge is 0.311 e. The van der Waals surface area contributed by atoms with E-state index in [0.717, 1.165) is 20.4 Å². The van der Waals surface area contributed by atoms with Gasteiger partial charge in [0.25, 0.3) is 5.91 Å². The van der Waals surface area contributed by atoms with Gasteiger partial charge >= 0.3 is 4.87 Å². The number of rotatable bonds is 4. The molecule has 1 aliphatic heterocycles. The van der Waals surface area contributed by atoms with E-state index in [1.54, 1.807) is 48.5 Å². The molecule has 0 aliphatic carbocycles. The molecular formula is C19H11BrN2O4S. The molecule has 0 atom stereocenters. The Bertz CT molecular complexity index is 1270. The van der Waals surface area contributed by atoms with Crippen LogP contribution < -0.4 is 15.4 Å². The maximum atomic E-state index is 12.4. The van der Waals surface area contributed by atoms with E-state index in [1.165, 1.54) is 0 Å². The van der Waals surface area contributed by atoms with Crippen molar-refractivity contribution in [2.24, 2.45) is 4.99 Å². The number of Topliss-reactive ketones (excluding diaryl/α,β-unsaturated/α-hetero) is 1. The van der Waals surface area contributed by atoms with Crippen molar-refractivity contribution in [1.82, 2.24) is 4.57 Å². The van der Waals surface area contributed by atoms with Crippen LogP contribution in [-0.4, -0.2) is 21.4 Å². The summed E-state index contributed by atoms with van der Waals surface area (Å²) in [6.45, 7) is -0.316. The lowest BCUT2D eigenvalue weighted by Gasteiger charge is -2.04. The molecule has 1 aliphatic rings. The summed E-state index contributed by atoms with van der Waals surface area (Å²) in [5, 5.41) is 11.6. The van der Waals surface area contributed by atoms with E-state index in [9.17, 15) is 19.5 Å². The van der Waals surface area contributed by atoms with E-state index in [0.29, 0.717) is 16.1 Å². The van der Waals surface area contributed by atoms with Gasteiger partial charge in [-0.3, -0.25) is 19.0 Å². The average molecular weight is 443 g/mol. The number of hydrogen-bond donors (Lipinski definition) is 1. The first-order chi connectivity index (χ1) is 13.0. The third-order valence-electron chi connectivity index (χ3n) is 4.17. The molecule has 1 N–H and O–H groups in total. The third-order valence-corrected chi connectivity index (χ3v) is 5.69. The van der Waals surface area contributed by atoms with Crippen LogP contribution in [0.4, 0.5) is 0 Å². The van der Waals surface area contributed by atoms with Gasteiger partial charge in [0.2, 0.25) is 5.88 Å². The first-order valence-electron chi connectivity index (χ1n) is 7.90. The van der Waals surface area contributed by atoms with Gasteiger partial charge in [-0.05, 0) is 18.2 Å². The Balaban J connectivity index is 1.77. The first-order valence-corrected chi connectivity index (χ1v) is 9.51. The lowest BCUT2D eigenvalue weighted by molar-refractivity contribution is -0.112. The Morgan fingerprint density at radius 2 is 1.81 bits per heavy atom. The van der Waals surface area contributed by atoms with Crippen LogP contribution in [0.15, 0.2) is 62.8 Å². The molecule has 0 radical (unpaired) electrons. The number of carbonyl (C=O) groups excluding carboxylic acids is 2. The fourth-order valence-corrected chi connectivity index (χ4v) is 4.05. The second-order valence-electron chi connectivity index (χ2n) is 5.85. The van der Waals surface area contributed by atoms with Crippen LogP contribution in [0.5, 0.6) is 5.88 Å². The van der Waals surface area contributed by atoms with Crippen LogP contribution in [-0.2, 0) is 11.3 Å². The van der Waals surface area contributed by atoms with Gasteiger partial charge in [-0.2, -0.15) is 0 Å². The van der Waals surface area contributed by atoms with Crippen molar-refractivity contribution in [3.63, 3.8) is 0 Å². The van der Waals surface area contributed by atoms with Crippen LogP contribution >= 0.6 is 27.3 Å². The number of fused-ring (bicyclic) bond motifs is 1. The molecule has 2 aromatic carbocycles. The van der Waals surface area contributed by atoms with Gasteiger partial charge in [0.15, 0.2) is 5.78 Å². The minimum Gasteiger partial charge on any atom is -0.493 e. The number of carbonyl (C=O) groups is 2. The van der Waals surface area contributed by atoms with Crippen LogP contribution in [0.25, 0.3) is 5.57 Å².